The van der Waals surface area contributed by atoms with E-state index in [2.05, 4.69) is 4.98 Å². The van der Waals surface area contributed by atoms with Gasteiger partial charge in [0.15, 0.2) is 0 Å². The lowest BCUT2D eigenvalue weighted by molar-refractivity contribution is -0.138. The quantitative estimate of drug-likeness (QED) is 0.506. The summed E-state index contributed by atoms with van der Waals surface area (Å²) < 4.78 is 39.4. The second-order valence-corrected chi connectivity index (χ2v) is 7.80. The molecule has 0 unspecified atom stereocenters. The summed E-state index contributed by atoms with van der Waals surface area (Å²) in [5.74, 6) is -1.27. The third kappa shape index (κ3) is 5.89. The molecule has 1 aliphatic rings. The molecule has 0 saturated heterocycles. The van der Waals surface area contributed by atoms with Crippen LogP contribution in [0.1, 0.15) is 25.7 Å². The molecule has 5 nitrogen and oxygen atoms in total. The molecule has 172 valence electrons. The Morgan fingerprint density at radius 2 is 1.69 bits per heavy atom. The van der Waals surface area contributed by atoms with Crippen molar-refractivity contribution in [2.24, 2.45) is 5.92 Å². The SMILES string of the molecule is Fc1ccc(-c2cc3cc(F)cc(F)c3[nH]2)cc1.O=C(C1CCC1)N(CCO)CCCO. The Balaban J connectivity index is 0.000000188. The van der Waals surface area contributed by atoms with Gasteiger partial charge in [0.1, 0.15) is 17.5 Å². The van der Waals surface area contributed by atoms with Gasteiger partial charge in [-0.15, -0.1) is 0 Å². The van der Waals surface area contributed by atoms with Crippen LogP contribution in [0.2, 0.25) is 0 Å². The summed E-state index contributed by atoms with van der Waals surface area (Å²) in [5.41, 5.74) is 1.58. The van der Waals surface area contributed by atoms with Crippen LogP contribution in [0.5, 0.6) is 0 Å². The Morgan fingerprint density at radius 3 is 2.28 bits per heavy atom. The van der Waals surface area contributed by atoms with Crippen molar-refractivity contribution in [3.8, 4) is 11.3 Å². The van der Waals surface area contributed by atoms with Gasteiger partial charge in [-0.3, -0.25) is 4.79 Å². The van der Waals surface area contributed by atoms with Crippen LogP contribution in [0.15, 0.2) is 42.5 Å². The number of aliphatic hydroxyl groups excluding tert-OH is 2. The van der Waals surface area contributed by atoms with Gasteiger partial charge in [0.2, 0.25) is 5.91 Å². The van der Waals surface area contributed by atoms with Crippen molar-refractivity contribution in [1.29, 1.82) is 0 Å². The Labute approximate surface area is 184 Å². The number of hydrogen-bond acceptors (Lipinski definition) is 3. The molecule has 1 aromatic heterocycles. The highest BCUT2D eigenvalue weighted by Gasteiger charge is 2.28. The molecule has 1 heterocycles. The molecule has 3 aromatic rings. The average Bonchev–Trinajstić information content (AvgIpc) is 3.15. The van der Waals surface area contributed by atoms with Gasteiger partial charge in [-0.2, -0.15) is 0 Å². The highest BCUT2D eigenvalue weighted by molar-refractivity contribution is 5.86. The average molecular weight is 448 g/mol. The van der Waals surface area contributed by atoms with Crippen molar-refractivity contribution in [3.63, 3.8) is 0 Å². The lowest BCUT2D eigenvalue weighted by Gasteiger charge is -2.31. The first-order valence-corrected chi connectivity index (χ1v) is 10.7. The third-order valence-electron chi connectivity index (χ3n) is 5.52. The number of benzene rings is 2. The zero-order chi connectivity index (χ0) is 23.1. The number of nitrogens with one attached hydrogen (secondary N) is 1. The first-order valence-electron chi connectivity index (χ1n) is 10.7. The molecule has 8 heteroatoms. The first-order chi connectivity index (χ1) is 15.4. The summed E-state index contributed by atoms with van der Waals surface area (Å²) in [6, 6.07) is 9.50. The summed E-state index contributed by atoms with van der Waals surface area (Å²) in [7, 11) is 0. The van der Waals surface area contributed by atoms with Crippen molar-refractivity contribution in [1.82, 2.24) is 9.88 Å². The van der Waals surface area contributed by atoms with Crippen molar-refractivity contribution < 1.29 is 28.2 Å². The molecule has 0 spiro atoms. The van der Waals surface area contributed by atoms with Crippen molar-refractivity contribution in [2.75, 3.05) is 26.3 Å². The molecule has 1 aliphatic carbocycles. The number of aromatic nitrogens is 1. The maximum Gasteiger partial charge on any atom is 0.225 e. The van der Waals surface area contributed by atoms with E-state index >= 15 is 0 Å². The Morgan fingerprint density at radius 1 is 0.969 bits per heavy atom. The Bertz CT molecular complexity index is 1030. The van der Waals surface area contributed by atoms with Gasteiger partial charge < -0.3 is 20.1 Å². The summed E-state index contributed by atoms with van der Waals surface area (Å²) >= 11 is 0. The van der Waals surface area contributed by atoms with E-state index < -0.39 is 11.6 Å². The molecule has 0 atom stereocenters. The fraction of sp³-hybridized carbons (Fsp3) is 0.375. The van der Waals surface area contributed by atoms with E-state index in [1.54, 1.807) is 23.1 Å². The zero-order valence-electron chi connectivity index (χ0n) is 17.7. The van der Waals surface area contributed by atoms with Crippen LogP contribution in [0.3, 0.4) is 0 Å². The van der Waals surface area contributed by atoms with Crippen LogP contribution in [0.4, 0.5) is 13.2 Å². The van der Waals surface area contributed by atoms with Crippen LogP contribution in [-0.4, -0.2) is 52.3 Å². The number of fused-ring (bicyclic) bond motifs is 1. The fourth-order valence-corrected chi connectivity index (χ4v) is 3.58. The number of H-pyrrole nitrogens is 1. The lowest BCUT2D eigenvalue weighted by atomic mass is 9.84. The molecule has 0 aliphatic heterocycles. The number of nitrogens with zero attached hydrogens (tertiary/aromatic N) is 1. The molecule has 1 saturated carbocycles. The highest BCUT2D eigenvalue weighted by Crippen LogP contribution is 2.28. The third-order valence-corrected chi connectivity index (χ3v) is 5.52. The van der Waals surface area contributed by atoms with E-state index in [0.29, 0.717) is 36.2 Å². The topological polar surface area (TPSA) is 76.6 Å². The van der Waals surface area contributed by atoms with Gasteiger partial charge in [0, 0.05) is 42.8 Å². The van der Waals surface area contributed by atoms with Crippen LogP contribution in [0.25, 0.3) is 22.2 Å². The standard InChI is InChI=1S/C14H8F3N.C10H19NO3/c15-10-3-1-8(2-4-10)13-6-9-5-11(16)7-12(17)14(9)18-13;12-7-2-5-11(6-8-13)10(14)9-3-1-4-9/h1-7,18H;9,12-13H,1-8H2. The zero-order valence-corrected chi connectivity index (χ0v) is 17.7. The number of halogens is 3. The van der Waals surface area contributed by atoms with E-state index in [4.69, 9.17) is 10.2 Å². The predicted molar refractivity (Wildman–Crippen MR) is 116 cm³/mol. The Hall–Kier alpha value is -2.84. The number of hydrogen-bond donors (Lipinski definition) is 3. The summed E-state index contributed by atoms with van der Waals surface area (Å²) in [6.45, 7) is 1.06. The molecule has 0 radical (unpaired) electrons. The van der Waals surface area contributed by atoms with Crippen LogP contribution in [0, 0.1) is 23.4 Å². The van der Waals surface area contributed by atoms with E-state index in [1.807, 2.05) is 0 Å². The van der Waals surface area contributed by atoms with Crippen LogP contribution in [-0.2, 0) is 4.79 Å². The van der Waals surface area contributed by atoms with Crippen LogP contribution < -0.4 is 0 Å². The normalized spacial score (nSPS) is 13.4. The van der Waals surface area contributed by atoms with Crippen LogP contribution >= 0.6 is 0 Å². The van der Waals surface area contributed by atoms with Gasteiger partial charge in [0.05, 0.1) is 12.1 Å². The lowest BCUT2D eigenvalue weighted by Crippen LogP contribution is -2.41. The molecule has 1 amide bonds. The number of carbonyl (C=O) groups is 1. The van der Waals surface area contributed by atoms with Crippen molar-refractivity contribution >= 4 is 16.8 Å². The highest BCUT2D eigenvalue weighted by atomic mass is 19.1. The molecular weight excluding hydrogens is 421 g/mol. The number of carbonyl (C=O) groups excluding carboxylic acids is 1. The van der Waals surface area contributed by atoms with Gasteiger partial charge in [-0.05, 0) is 61.2 Å². The van der Waals surface area contributed by atoms with Crippen molar-refractivity contribution in [2.45, 2.75) is 25.7 Å². The first kappa shape index (κ1) is 23.8. The maximum absolute atomic E-state index is 13.5. The molecule has 32 heavy (non-hydrogen) atoms. The molecule has 3 N–H and O–H groups in total. The van der Waals surface area contributed by atoms with E-state index in [1.165, 1.54) is 18.2 Å². The molecule has 0 bridgehead atoms. The van der Waals surface area contributed by atoms with E-state index in [-0.39, 0.29) is 36.4 Å². The summed E-state index contributed by atoms with van der Waals surface area (Å²) in [5, 5.41) is 17.9. The van der Waals surface area contributed by atoms with Gasteiger partial charge >= 0.3 is 0 Å². The molecule has 4 rings (SSSR count). The number of rotatable bonds is 7. The number of aromatic amines is 1. The van der Waals surface area contributed by atoms with Gasteiger partial charge in [0.25, 0.3) is 0 Å². The Kier molecular flexibility index (Phi) is 8.30. The maximum atomic E-state index is 13.5. The molecular formula is C24H27F3N2O3. The fourth-order valence-electron chi connectivity index (χ4n) is 3.58. The molecule has 2 aromatic carbocycles. The van der Waals surface area contributed by atoms with E-state index in [0.717, 1.165) is 25.3 Å². The smallest absolute Gasteiger partial charge is 0.225 e. The molecule has 1 fully saturated rings. The van der Waals surface area contributed by atoms with Crippen molar-refractivity contribution in [3.05, 3.63) is 59.9 Å². The minimum Gasteiger partial charge on any atom is -0.396 e. The monoisotopic (exact) mass is 448 g/mol. The second kappa shape index (κ2) is 11.2. The van der Waals surface area contributed by atoms with Gasteiger partial charge in [-0.1, -0.05) is 6.42 Å². The van der Waals surface area contributed by atoms with Gasteiger partial charge in [-0.25, -0.2) is 13.2 Å². The predicted octanol–water partition coefficient (Wildman–Crippen LogP) is 4.24. The van der Waals surface area contributed by atoms with E-state index in [9.17, 15) is 18.0 Å². The summed E-state index contributed by atoms with van der Waals surface area (Å²) in [4.78, 5) is 16.3. The minimum absolute atomic E-state index is 0.00386. The second-order valence-electron chi connectivity index (χ2n) is 7.80. The minimum atomic E-state index is -0.640. The largest absolute Gasteiger partial charge is 0.396 e. The number of amides is 1. The number of aliphatic hydroxyl groups is 2. The summed E-state index contributed by atoms with van der Waals surface area (Å²) in [6.07, 6.45) is 3.71.